The SMILES string of the molecule is Bc1c(B)c(-c2[nH]c3c(F)cc(F)cc3c2CCC(=O)NC2CCNC2=O)c(B)c(B)c1F. The number of nitrogens with one attached hydrogen (secondary N) is 3. The minimum Gasteiger partial charge on any atom is -0.354 e. The number of benzene rings is 2. The highest BCUT2D eigenvalue weighted by atomic mass is 19.1. The summed E-state index contributed by atoms with van der Waals surface area (Å²) in [6.07, 6.45) is 0.734. The van der Waals surface area contributed by atoms with Gasteiger partial charge in [-0.25, -0.2) is 13.2 Å². The topological polar surface area (TPSA) is 74.0 Å². The Balaban J connectivity index is 1.80. The van der Waals surface area contributed by atoms with E-state index in [1.54, 1.807) is 31.4 Å². The minimum atomic E-state index is -0.740. The van der Waals surface area contributed by atoms with Crippen molar-refractivity contribution in [2.75, 3.05) is 6.54 Å². The Kier molecular flexibility index (Phi) is 6.12. The van der Waals surface area contributed by atoms with Crippen molar-refractivity contribution in [3.05, 3.63) is 35.1 Å². The van der Waals surface area contributed by atoms with E-state index in [4.69, 9.17) is 0 Å². The van der Waals surface area contributed by atoms with Gasteiger partial charge in [0.05, 0.1) is 5.52 Å². The number of hydrogen-bond donors (Lipinski definition) is 3. The molecule has 1 aromatic heterocycles. The number of H-pyrrole nitrogens is 1. The predicted octanol–water partition coefficient (Wildman–Crippen LogP) is -3.78. The number of aryl methyl sites for hydroxylation is 1. The van der Waals surface area contributed by atoms with E-state index in [0.717, 1.165) is 6.07 Å². The van der Waals surface area contributed by atoms with E-state index in [1.165, 1.54) is 6.07 Å². The lowest BCUT2D eigenvalue weighted by Crippen LogP contribution is -2.46. The Bertz CT molecular complexity index is 1280. The highest BCUT2D eigenvalue weighted by Gasteiger charge is 2.26. The molecule has 0 bridgehead atoms. The number of aromatic nitrogens is 1. The van der Waals surface area contributed by atoms with Crippen molar-refractivity contribution in [2.24, 2.45) is 0 Å². The van der Waals surface area contributed by atoms with Crippen LogP contribution in [0.5, 0.6) is 0 Å². The van der Waals surface area contributed by atoms with Crippen LogP contribution < -0.4 is 32.5 Å². The first-order valence-electron chi connectivity index (χ1n) is 10.9. The Labute approximate surface area is 192 Å². The maximum atomic E-state index is 14.6. The normalized spacial score (nSPS) is 15.7. The zero-order valence-electron chi connectivity index (χ0n) is 19.0. The number of carbonyl (C=O) groups excluding carboxylic acids is 2. The van der Waals surface area contributed by atoms with Gasteiger partial charge in [-0.1, -0.05) is 21.9 Å². The van der Waals surface area contributed by atoms with Crippen LogP contribution >= 0.6 is 0 Å². The summed E-state index contributed by atoms with van der Waals surface area (Å²) in [6.45, 7) is 0.511. The second-order valence-corrected chi connectivity index (χ2v) is 8.68. The third-order valence-corrected chi connectivity index (χ3v) is 6.70. The standard InChI is InChI=1S/C21H22B4F3N3O2/c22-14-13(15(23)17(25)18(28)16(14)24)20-8(9-5-7(26)6-10(27)19(9)31-20)1-2-12(32)30-11-3-4-29-21(11)33/h5-6,11,31H,1-4,22-25H2,(H,29,33)(H,30,32). The summed E-state index contributed by atoms with van der Waals surface area (Å²) < 4.78 is 43.4. The van der Waals surface area contributed by atoms with Crippen molar-refractivity contribution >= 4 is 76.0 Å². The predicted molar refractivity (Wildman–Crippen MR) is 134 cm³/mol. The van der Waals surface area contributed by atoms with E-state index in [0.29, 0.717) is 57.0 Å². The quantitative estimate of drug-likeness (QED) is 0.351. The van der Waals surface area contributed by atoms with Gasteiger partial charge < -0.3 is 15.6 Å². The molecule has 0 saturated carbocycles. The van der Waals surface area contributed by atoms with Crippen molar-refractivity contribution in [2.45, 2.75) is 25.3 Å². The number of aromatic amines is 1. The lowest BCUT2D eigenvalue weighted by molar-refractivity contribution is -0.127. The van der Waals surface area contributed by atoms with Gasteiger partial charge in [0.2, 0.25) is 11.8 Å². The number of hydrogen-bond acceptors (Lipinski definition) is 2. The van der Waals surface area contributed by atoms with E-state index in [9.17, 15) is 22.8 Å². The van der Waals surface area contributed by atoms with Crippen LogP contribution in [0.2, 0.25) is 0 Å². The highest BCUT2D eigenvalue weighted by molar-refractivity contribution is 6.59. The monoisotopic (exact) mass is 449 g/mol. The van der Waals surface area contributed by atoms with E-state index in [1.807, 2.05) is 0 Å². The molecule has 0 radical (unpaired) electrons. The molecule has 2 heterocycles. The van der Waals surface area contributed by atoms with Gasteiger partial charge in [-0.15, -0.1) is 0 Å². The van der Waals surface area contributed by atoms with E-state index in [-0.39, 0.29) is 36.0 Å². The molecule has 5 nitrogen and oxygen atoms in total. The largest absolute Gasteiger partial charge is 0.354 e. The molecule has 1 aliphatic heterocycles. The second kappa shape index (κ2) is 8.72. The molecule has 166 valence electrons. The molecule has 2 amide bonds. The zero-order valence-corrected chi connectivity index (χ0v) is 19.0. The molecule has 1 aliphatic rings. The molecule has 4 rings (SSSR count). The van der Waals surface area contributed by atoms with Crippen LogP contribution in [0.1, 0.15) is 18.4 Å². The van der Waals surface area contributed by atoms with Crippen LogP contribution in [0, 0.1) is 17.5 Å². The smallest absolute Gasteiger partial charge is 0.242 e. The minimum absolute atomic E-state index is 0.0269. The summed E-state index contributed by atoms with van der Waals surface area (Å²) in [4.78, 5) is 27.4. The Hall–Kier alpha value is -3.03. The van der Waals surface area contributed by atoms with Crippen LogP contribution in [-0.2, 0) is 16.0 Å². The fourth-order valence-electron chi connectivity index (χ4n) is 4.63. The average Bonchev–Trinajstić information content (AvgIpc) is 3.33. The summed E-state index contributed by atoms with van der Waals surface area (Å²) >= 11 is 0. The molecule has 12 heteroatoms. The van der Waals surface area contributed by atoms with Gasteiger partial charge in [-0.05, 0) is 30.0 Å². The summed E-state index contributed by atoms with van der Waals surface area (Å²) in [5.41, 5.74) is 4.31. The number of halogens is 3. The van der Waals surface area contributed by atoms with Crippen LogP contribution in [0.25, 0.3) is 22.2 Å². The van der Waals surface area contributed by atoms with Crippen LogP contribution in [-0.4, -0.2) is 60.8 Å². The zero-order chi connectivity index (χ0) is 24.0. The summed E-state index contributed by atoms with van der Waals surface area (Å²) in [5, 5.41) is 5.72. The maximum absolute atomic E-state index is 14.6. The van der Waals surface area contributed by atoms with Gasteiger partial charge in [0, 0.05) is 30.1 Å². The maximum Gasteiger partial charge on any atom is 0.242 e. The van der Waals surface area contributed by atoms with E-state index < -0.39 is 17.7 Å². The molecule has 3 aromatic rings. The molecule has 33 heavy (non-hydrogen) atoms. The molecular formula is C21H22B4F3N3O2. The van der Waals surface area contributed by atoms with Gasteiger partial charge in [0.15, 0.2) is 0 Å². The summed E-state index contributed by atoms with van der Waals surface area (Å²) in [7, 11) is 6.95. The third kappa shape index (κ3) is 4.07. The molecule has 0 spiro atoms. The second-order valence-electron chi connectivity index (χ2n) is 8.68. The van der Waals surface area contributed by atoms with Crippen molar-refractivity contribution in [3.8, 4) is 11.3 Å². The summed E-state index contributed by atoms with van der Waals surface area (Å²) in [6, 6.07) is 1.48. The third-order valence-electron chi connectivity index (χ3n) is 6.70. The van der Waals surface area contributed by atoms with Gasteiger partial charge in [0.25, 0.3) is 0 Å². The number of amides is 2. The lowest BCUT2D eigenvalue weighted by Gasteiger charge is -2.18. The fourth-order valence-corrected chi connectivity index (χ4v) is 4.63. The number of fused-ring (bicyclic) bond motifs is 1. The van der Waals surface area contributed by atoms with Gasteiger partial charge in [0.1, 0.15) is 54.9 Å². The first-order chi connectivity index (χ1) is 15.6. The molecule has 3 N–H and O–H groups in total. The summed E-state index contributed by atoms with van der Waals surface area (Å²) in [5.74, 6) is -2.30. The van der Waals surface area contributed by atoms with E-state index >= 15 is 0 Å². The first kappa shape index (κ1) is 23.1. The molecule has 1 saturated heterocycles. The number of rotatable bonds is 5. The van der Waals surface area contributed by atoms with Crippen molar-refractivity contribution in [1.29, 1.82) is 0 Å². The first-order valence-corrected chi connectivity index (χ1v) is 10.9. The van der Waals surface area contributed by atoms with Gasteiger partial charge >= 0.3 is 0 Å². The molecule has 0 aliphatic carbocycles. The van der Waals surface area contributed by atoms with Gasteiger partial charge in [-0.3, -0.25) is 9.59 Å². The van der Waals surface area contributed by atoms with Crippen LogP contribution in [0.4, 0.5) is 13.2 Å². The fraction of sp³-hybridized carbons (Fsp3) is 0.238. The van der Waals surface area contributed by atoms with E-state index in [2.05, 4.69) is 15.6 Å². The van der Waals surface area contributed by atoms with Crippen molar-refractivity contribution < 1.29 is 22.8 Å². The molecule has 1 fully saturated rings. The Morgan fingerprint density at radius 2 is 1.73 bits per heavy atom. The average molecular weight is 449 g/mol. The van der Waals surface area contributed by atoms with Crippen LogP contribution in [0.3, 0.4) is 0 Å². The molecular weight excluding hydrogens is 426 g/mol. The Morgan fingerprint density at radius 1 is 1.06 bits per heavy atom. The highest BCUT2D eigenvalue weighted by Crippen LogP contribution is 2.32. The van der Waals surface area contributed by atoms with Gasteiger partial charge in [-0.2, -0.15) is 0 Å². The Morgan fingerprint density at radius 3 is 2.33 bits per heavy atom. The molecule has 2 aromatic carbocycles. The molecule has 1 atom stereocenters. The molecule has 1 unspecified atom stereocenters. The lowest BCUT2D eigenvalue weighted by atomic mass is 9.66. The van der Waals surface area contributed by atoms with Crippen LogP contribution in [0.15, 0.2) is 12.1 Å². The van der Waals surface area contributed by atoms with Crippen molar-refractivity contribution in [3.63, 3.8) is 0 Å². The van der Waals surface area contributed by atoms with Crippen molar-refractivity contribution in [1.82, 2.24) is 15.6 Å². The number of carbonyl (C=O) groups is 2.